The summed E-state index contributed by atoms with van der Waals surface area (Å²) in [6.07, 6.45) is 0.187. The highest BCUT2D eigenvalue weighted by molar-refractivity contribution is 7.89. The molecule has 1 rings (SSSR count). The number of carboxylic acids is 1. The van der Waals surface area contributed by atoms with Gasteiger partial charge in [0.15, 0.2) is 0 Å². The highest BCUT2D eigenvalue weighted by Crippen LogP contribution is 2.16. The van der Waals surface area contributed by atoms with Gasteiger partial charge < -0.3 is 9.84 Å². The third-order valence-corrected chi connectivity index (χ3v) is 4.77. The fourth-order valence-corrected chi connectivity index (χ4v) is 3.25. The Bertz CT molecular complexity index is 629. The number of esters is 1. The Morgan fingerprint density at radius 3 is 2.30 bits per heavy atom. The van der Waals surface area contributed by atoms with Crippen LogP contribution in [0, 0.1) is 5.92 Å². The number of carboxylic acid groups (broad SMARTS) is 1. The molecule has 8 heteroatoms. The maximum absolute atomic E-state index is 12.2. The fraction of sp³-hybridized carbons (Fsp3) is 0.467. The van der Waals surface area contributed by atoms with E-state index in [4.69, 9.17) is 4.74 Å². The Morgan fingerprint density at radius 2 is 1.83 bits per heavy atom. The molecule has 0 radical (unpaired) electrons. The van der Waals surface area contributed by atoms with E-state index in [2.05, 4.69) is 4.72 Å². The fourth-order valence-electron chi connectivity index (χ4n) is 2.03. The first-order valence-corrected chi connectivity index (χ1v) is 8.77. The van der Waals surface area contributed by atoms with Crippen LogP contribution >= 0.6 is 0 Å². The second-order valence-electron chi connectivity index (χ2n) is 4.92. The Hall–Kier alpha value is -1.93. The first kappa shape index (κ1) is 19.1. The van der Waals surface area contributed by atoms with Crippen molar-refractivity contribution in [2.24, 2.45) is 5.92 Å². The van der Waals surface area contributed by atoms with Gasteiger partial charge in [-0.15, -0.1) is 0 Å². The van der Waals surface area contributed by atoms with Crippen LogP contribution in [0.15, 0.2) is 35.2 Å². The molecule has 0 aliphatic rings. The summed E-state index contributed by atoms with van der Waals surface area (Å²) in [5, 5.41) is 9.26. The summed E-state index contributed by atoms with van der Waals surface area (Å²) < 4.78 is 31.5. The smallest absolute Gasteiger partial charge is 0.321 e. The first-order chi connectivity index (χ1) is 10.8. The van der Waals surface area contributed by atoms with Crippen LogP contribution in [0.25, 0.3) is 0 Å². The van der Waals surface area contributed by atoms with Crippen molar-refractivity contribution < 1.29 is 27.9 Å². The molecule has 0 spiro atoms. The number of hydrogen-bond donors (Lipinski definition) is 2. The van der Waals surface area contributed by atoms with Gasteiger partial charge >= 0.3 is 11.9 Å². The molecule has 0 fully saturated rings. The molecule has 0 aliphatic heterocycles. The van der Waals surface area contributed by atoms with Crippen LogP contribution in [0.3, 0.4) is 0 Å². The van der Waals surface area contributed by atoms with Gasteiger partial charge in [0.2, 0.25) is 10.0 Å². The molecule has 0 aliphatic carbocycles. The SMILES string of the molecule is CCOC(=O)[C@H](CC)C[C@H](NS(=O)(=O)c1ccccc1)C(=O)O. The highest BCUT2D eigenvalue weighted by Gasteiger charge is 2.30. The summed E-state index contributed by atoms with van der Waals surface area (Å²) in [6.45, 7) is 3.55. The lowest BCUT2D eigenvalue weighted by atomic mass is 9.98. The Labute approximate surface area is 135 Å². The summed E-state index contributed by atoms with van der Waals surface area (Å²) in [5.74, 6) is -2.55. The lowest BCUT2D eigenvalue weighted by Crippen LogP contribution is -2.43. The van der Waals surface area contributed by atoms with E-state index in [1.807, 2.05) is 0 Å². The number of sulfonamides is 1. The number of ether oxygens (including phenoxy) is 1. The lowest BCUT2D eigenvalue weighted by Gasteiger charge is -2.19. The van der Waals surface area contributed by atoms with E-state index in [0.717, 1.165) is 0 Å². The minimum atomic E-state index is -3.98. The first-order valence-electron chi connectivity index (χ1n) is 7.28. The maximum Gasteiger partial charge on any atom is 0.321 e. The minimum absolute atomic E-state index is 0.0320. The molecule has 1 aromatic carbocycles. The van der Waals surface area contributed by atoms with Crippen LogP contribution in [0.4, 0.5) is 0 Å². The van der Waals surface area contributed by atoms with E-state index in [1.54, 1.807) is 19.9 Å². The van der Waals surface area contributed by atoms with Gasteiger partial charge in [0, 0.05) is 0 Å². The number of hydrogen-bond acceptors (Lipinski definition) is 5. The van der Waals surface area contributed by atoms with Gasteiger partial charge in [-0.3, -0.25) is 9.59 Å². The monoisotopic (exact) mass is 343 g/mol. The van der Waals surface area contributed by atoms with E-state index in [0.29, 0.717) is 6.42 Å². The highest BCUT2D eigenvalue weighted by atomic mass is 32.2. The molecule has 1 aromatic rings. The summed E-state index contributed by atoms with van der Waals surface area (Å²) in [5.41, 5.74) is 0. The van der Waals surface area contributed by atoms with Crippen LogP contribution < -0.4 is 4.72 Å². The standard InChI is InChI=1S/C15H21NO6S/c1-3-11(15(19)22-4-2)10-13(14(17)18)16-23(20,21)12-8-6-5-7-9-12/h5-9,11,13,16H,3-4,10H2,1-2H3,(H,17,18)/t11-,13+/m1/s1. The van der Waals surface area contributed by atoms with E-state index >= 15 is 0 Å². The zero-order chi connectivity index (χ0) is 17.5. The maximum atomic E-state index is 12.2. The van der Waals surface area contributed by atoms with Crippen LogP contribution in [-0.2, 0) is 24.3 Å². The molecule has 23 heavy (non-hydrogen) atoms. The largest absolute Gasteiger partial charge is 0.480 e. The Morgan fingerprint density at radius 1 is 1.22 bits per heavy atom. The van der Waals surface area contributed by atoms with Gasteiger partial charge in [-0.2, -0.15) is 4.72 Å². The zero-order valence-corrected chi connectivity index (χ0v) is 13.9. The number of aliphatic carboxylic acids is 1. The zero-order valence-electron chi connectivity index (χ0n) is 13.1. The van der Waals surface area contributed by atoms with Gasteiger partial charge in [-0.05, 0) is 31.9 Å². The van der Waals surface area contributed by atoms with Crippen LogP contribution in [0.2, 0.25) is 0 Å². The number of rotatable bonds is 9. The molecule has 0 saturated heterocycles. The number of carbonyl (C=O) groups excluding carboxylic acids is 1. The Balaban J connectivity index is 2.91. The third kappa shape index (κ3) is 5.65. The van der Waals surface area contributed by atoms with Crippen molar-refractivity contribution in [3.8, 4) is 0 Å². The summed E-state index contributed by atoms with van der Waals surface area (Å²) in [4.78, 5) is 23.1. The normalized spacial score (nSPS) is 14.0. The summed E-state index contributed by atoms with van der Waals surface area (Å²) >= 11 is 0. The van der Waals surface area contributed by atoms with Gasteiger partial charge in [0.05, 0.1) is 17.4 Å². The molecular weight excluding hydrogens is 322 g/mol. The minimum Gasteiger partial charge on any atom is -0.480 e. The molecule has 0 unspecified atom stereocenters. The second-order valence-corrected chi connectivity index (χ2v) is 6.63. The van der Waals surface area contributed by atoms with Crippen molar-refractivity contribution in [1.29, 1.82) is 0 Å². The predicted octanol–water partition coefficient (Wildman–Crippen LogP) is 1.40. The van der Waals surface area contributed by atoms with E-state index < -0.39 is 33.9 Å². The average molecular weight is 343 g/mol. The molecule has 0 saturated carbocycles. The van der Waals surface area contributed by atoms with Crippen molar-refractivity contribution >= 4 is 22.0 Å². The average Bonchev–Trinajstić information content (AvgIpc) is 2.52. The number of benzene rings is 1. The molecule has 0 heterocycles. The van der Waals surface area contributed by atoms with Crippen molar-refractivity contribution in [3.63, 3.8) is 0 Å². The second kappa shape index (κ2) is 8.64. The van der Waals surface area contributed by atoms with Crippen molar-refractivity contribution in [1.82, 2.24) is 4.72 Å². The summed E-state index contributed by atoms with van der Waals surface area (Å²) in [6, 6.07) is 6.06. The molecule has 0 amide bonds. The molecular formula is C15H21NO6S. The van der Waals surface area contributed by atoms with Gasteiger partial charge in [-0.25, -0.2) is 8.42 Å². The summed E-state index contributed by atoms with van der Waals surface area (Å²) in [7, 11) is -3.98. The van der Waals surface area contributed by atoms with E-state index in [9.17, 15) is 23.1 Å². The quantitative estimate of drug-likeness (QED) is 0.656. The van der Waals surface area contributed by atoms with Crippen LogP contribution in [0.5, 0.6) is 0 Å². The molecule has 0 bridgehead atoms. The topological polar surface area (TPSA) is 110 Å². The van der Waals surface area contributed by atoms with Gasteiger partial charge in [0.1, 0.15) is 6.04 Å². The molecule has 2 N–H and O–H groups in total. The van der Waals surface area contributed by atoms with Crippen LogP contribution in [-0.4, -0.2) is 38.1 Å². The van der Waals surface area contributed by atoms with Gasteiger partial charge in [-0.1, -0.05) is 25.1 Å². The van der Waals surface area contributed by atoms with Gasteiger partial charge in [0.25, 0.3) is 0 Å². The predicted molar refractivity (Wildman–Crippen MR) is 83.2 cm³/mol. The molecule has 128 valence electrons. The Kier molecular flexibility index (Phi) is 7.18. The van der Waals surface area contributed by atoms with Crippen molar-refractivity contribution in [2.45, 2.75) is 37.6 Å². The number of nitrogens with one attached hydrogen (secondary N) is 1. The lowest BCUT2D eigenvalue weighted by molar-refractivity contribution is -0.149. The van der Waals surface area contributed by atoms with Crippen molar-refractivity contribution in [3.05, 3.63) is 30.3 Å². The van der Waals surface area contributed by atoms with Crippen LogP contribution in [0.1, 0.15) is 26.7 Å². The van der Waals surface area contributed by atoms with E-state index in [1.165, 1.54) is 24.3 Å². The third-order valence-electron chi connectivity index (χ3n) is 3.28. The molecule has 2 atom stereocenters. The van der Waals surface area contributed by atoms with Crippen molar-refractivity contribution in [2.75, 3.05) is 6.61 Å². The molecule has 0 aromatic heterocycles. The van der Waals surface area contributed by atoms with E-state index in [-0.39, 0.29) is 17.9 Å². The molecule has 7 nitrogen and oxygen atoms in total. The number of carbonyl (C=O) groups is 2.